The zero-order chi connectivity index (χ0) is 19.8. The number of rotatable bonds is 8. The van der Waals surface area contributed by atoms with Crippen molar-refractivity contribution in [3.8, 4) is 5.75 Å². The van der Waals surface area contributed by atoms with Gasteiger partial charge in [-0.25, -0.2) is 0 Å². The second-order valence-electron chi connectivity index (χ2n) is 6.50. The second-order valence-corrected chi connectivity index (χ2v) is 6.50. The van der Waals surface area contributed by atoms with Gasteiger partial charge in [-0.15, -0.1) is 0 Å². The Morgan fingerprint density at radius 3 is 2.85 bits per heavy atom. The molecule has 1 N–H and O–H groups in total. The summed E-state index contributed by atoms with van der Waals surface area (Å²) in [4.78, 5) is 38.6. The zero-order valence-corrected chi connectivity index (χ0v) is 15.8. The first-order chi connectivity index (χ1) is 12.9. The summed E-state index contributed by atoms with van der Waals surface area (Å²) in [7, 11) is 0. The smallest absolute Gasteiger partial charge is 0.308 e. The van der Waals surface area contributed by atoms with Crippen molar-refractivity contribution in [3.63, 3.8) is 0 Å². The Balaban J connectivity index is 2.14. The van der Waals surface area contributed by atoms with E-state index in [1.54, 1.807) is 24.3 Å². The first-order valence-electron chi connectivity index (χ1n) is 9.04. The minimum Gasteiger partial charge on any atom is -0.489 e. The number of esters is 1. The highest BCUT2D eigenvalue weighted by Crippen LogP contribution is 2.19. The SMILES string of the molecule is C=C(C)COc1cccc(C(=O)N2CCNC(=O)C2CC(=O)OCCC)c1. The molecule has 146 valence electrons. The minimum absolute atomic E-state index is 0.163. The maximum Gasteiger partial charge on any atom is 0.308 e. The number of nitrogens with one attached hydrogen (secondary N) is 1. The largest absolute Gasteiger partial charge is 0.489 e. The summed E-state index contributed by atoms with van der Waals surface area (Å²) in [5.74, 6) is -0.615. The molecule has 2 rings (SSSR count). The number of ether oxygens (including phenoxy) is 2. The Morgan fingerprint density at radius 2 is 2.15 bits per heavy atom. The lowest BCUT2D eigenvalue weighted by atomic mass is 10.1. The van der Waals surface area contributed by atoms with Crippen molar-refractivity contribution in [2.75, 3.05) is 26.3 Å². The fourth-order valence-electron chi connectivity index (χ4n) is 2.68. The van der Waals surface area contributed by atoms with Crippen molar-refractivity contribution in [1.29, 1.82) is 0 Å². The van der Waals surface area contributed by atoms with Crippen LogP contribution >= 0.6 is 0 Å². The highest BCUT2D eigenvalue weighted by atomic mass is 16.5. The van der Waals surface area contributed by atoms with E-state index < -0.39 is 12.0 Å². The molecule has 1 aromatic rings. The van der Waals surface area contributed by atoms with E-state index in [1.807, 2.05) is 13.8 Å². The molecular formula is C20H26N2O5. The Kier molecular flexibility index (Phi) is 7.40. The molecule has 2 amide bonds. The van der Waals surface area contributed by atoms with Gasteiger partial charge in [-0.3, -0.25) is 14.4 Å². The van der Waals surface area contributed by atoms with Crippen LogP contribution in [-0.4, -0.2) is 55.0 Å². The van der Waals surface area contributed by atoms with Gasteiger partial charge in [0, 0.05) is 18.7 Å². The van der Waals surface area contributed by atoms with Gasteiger partial charge in [0.15, 0.2) is 0 Å². The van der Waals surface area contributed by atoms with Crippen LogP contribution in [0.4, 0.5) is 0 Å². The quantitative estimate of drug-likeness (QED) is 0.555. The van der Waals surface area contributed by atoms with Crippen LogP contribution in [0.25, 0.3) is 0 Å². The highest BCUT2D eigenvalue weighted by molar-refractivity contribution is 5.99. The molecule has 0 radical (unpaired) electrons. The number of nitrogens with zero attached hydrogens (tertiary/aromatic N) is 1. The third-order valence-electron chi connectivity index (χ3n) is 3.99. The Labute approximate surface area is 159 Å². The zero-order valence-electron chi connectivity index (χ0n) is 15.8. The molecule has 1 unspecified atom stereocenters. The standard InChI is InChI=1S/C20H26N2O5/c1-4-10-26-18(23)12-17-19(24)21-8-9-22(17)20(25)15-6-5-7-16(11-15)27-13-14(2)3/h5-7,11,17H,2,4,8-10,12-13H2,1,3H3,(H,21,24). The summed E-state index contributed by atoms with van der Waals surface area (Å²) in [6.45, 7) is 8.84. The molecule has 7 nitrogen and oxygen atoms in total. The fraction of sp³-hybridized carbons (Fsp3) is 0.450. The molecule has 1 atom stereocenters. The van der Waals surface area contributed by atoms with Gasteiger partial charge in [-0.2, -0.15) is 0 Å². The maximum atomic E-state index is 13.0. The second kappa shape index (κ2) is 9.75. The lowest BCUT2D eigenvalue weighted by molar-refractivity contribution is -0.147. The monoisotopic (exact) mass is 374 g/mol. The highest BCUT2D eigenvalue weighted by Gasteiger charge is 2.35. The molecule has 1 saturated heterocycles. The number of hydrogen-bond acceptors (Lipinski definition) is 5. The molecule has 1 aliphatic rings. The van der Waals surface area contributed by atoms with Gasteiger partial charge in [0.1, 0.15) is 18.4 Å². The summed E-state index contributed by atoms with van der Waals surface area (Å²) in [6.07, 6.45) is 0.533. The summed E-state index contributed by atoms with van der Waals surface area (Å²) >= 11 is 0. The third kappa shape index (κ3) is 5.84. The van der Waals surface area contributed by atoms with Gasteiger partial charge in [-0.1, -0.05) is 19.6 Å². The van der Waals surface area contributed by atoms with Crippen LogP contribution in [0.3, 0.4) is 0 Å². The lowest BCUT2D eigenvalue weighted by Crippen LogP contribution is -2.57. The molecule has 1 heterocycles. The van der Waals surface area contributed by atoms with Crippen molar-refractivity contribution >= 4 is 17.8 Å². The van der Waals surface area contributed by atoms with Gasteiger partial charge in [0.05, 0.1) is 13.0 Å². The molecule has 0 aliphatic carbocycles. The first-order valence-corrected chi connectivity index (χ1v) is 9.04. The van der Waals surface area contributed by atoms with Gasteiger partial charge in [0.2, 0.25) is 5.91 Å². The first kappa shape index (κ1) is 20.5. The topological polar surface area (TPSA) is 84.9 Å². The van der Waals surface area contributed by atoms with E-state index in [2.05, 4.69) is 11.9 Å². The molecule has 0 spiro atoms. The molecule has 0 aromatic heterocycles. The van der Waals surface area contributed by atoms with Crippen molar-refractivity contribution in [2.24, 2.45) is 0 Å². The maximum absolute atomic E-state index is 13.0. The van der Waals surface area contributed by atoms with Crippen LogP contribution < -0.4 is 10.1 Å². The number of carbonyl (C=O) groups excluding carboxylic acids is 3. The Bertz CT molecular complexity index is 716. The number of carbonyl (C=O) groups is 3. The van der Waals surface area contributed by atoms with Gasteiger partial charge in [0.25, 0.3) is 5.91 Å². The molecule has 0 saturated carbocycles. The van der Waals surface area contributed by atoms with Crippen molar-refractivity contribution in [3.05, 3.63) is 42.0 Å². The van der Waals surface area contributed by atoms with Crippen molar-refractivity contribution in [2.45, 2.75) is 32.7 Å². The van der Waals surface area contributed by atoms with Crippen LogP contribution in [0.5, 0.6) is 5.75 Å². The van der Waals surface area contributed by atoms with E-state index in [9.17, 15) is 14.4 Å². The molecule has 0 bridgehead atoms. The molecule has 1 aromatic carbocycles. The number of benzene rings is 1. The van der Waals surface area contributed by atoms with Crippen LogP contribution in [-0.2, 0) is 14.3 Å². The summed E-state index contributed by atoms with van der Waals surface area (Å²) in [5, 5.41) is 2.70. The van der Waals surface area contributed by atoms with E-state index in [4.69, 9.17) is 9.47 Å². The van der Waals surface area contributed by atoms with Crippen molar-refractivity contribution in [1.82, 2.24) is 10.2 Å². The molecule has 1 fully saturated rings. The number of piperazine rings is 1. The third-order valence-corrected chi connectivity index (χ3v) is 3.99. The summed E-state index contributed by atoms with van der Waals surface area (Å²) < 4.78 is 10.6. The van der Waals surface area contributed by atoms with Crippen LogP contribution in [0.1, 0.15) is 37.0 Å². The van der Waals surface area contributed by atoms with Gasteiger partial charge >= 0.3 is 5.97 Å². The molecular weight excluding hydrogens is 348 g/mol. The number of hydrogen-bond donors (Lipinski definition) is 1. The van der Waals surface area contributed by atoms with E-state index in [0.29, 0.717) is 44.0 Å². The lowest BCUT2D eigenvalue weighted by Gasteiger charge is -2.34. The number of amides is 2. The predicted molar refractivity (Wildman–Crippen MR) is 100 cm³/mol. The average Bonchev–Trinajstić information content (AvgIpc) is 2.66. The Hall–Kier alpha value is -2.83. The summed E-state index contributed by atoms with van der Waals surface area (Å²) in [6, 6.07) is 5.88. The van der Waals surface area contributed by atoms with Crippen LogP contribution in [0, 0.1) is 0 Å². The normalized spacial score (nSPS) is 16.4. The average molecular weight is 374 g/mol. The van der Waals surface area contributed by atoms with E-state index in [1.165, 1.54) is 4.90 Å². The van der Waals surface area contributed by atoms with E-state index >= 15 is 0 Å². The van der Waals surface area contributed by atoms with Crippen LogP contribution in [0.2, 0.25) is 0 Å². The van der Waals surface area contributed by atoms with Gasteiger partial charge < -0.3 is 19.7 Å². The van der Waals surface area contributed by atoms with E-state index in [0.717, 1.165) is 5.57 Å². The fourth-order valence-corrected chi connectivity index (χ4v) is 2.68. The van der Waals surface area contributed by atoms with Crippen LogP contribution in [0.15, 0.2) is 36.4 Å². The van der Waals surface area contributed by atoms with Gasteiger partial charge in [-0.05, 0) is 37.1 Å². The van der Waals surface area contributed by atoms with E-state index in [-0.39, 0.29) is 18.2 Å². The predicted octanol–water partition coefficient (Wildman–Crippen LogP) is 1.93. The molecule has 27 heavy (non-hydrogen) atoms. The summed E-state index contributed by atoms with van der Waals surface area (Å²) in [5.41, 5.74) is 1.26. The molecule has 1 aliphatic heterocycles. The minimum atomic E-state index is -0.879. The molecule has 7 heteroatoms. The Morgan fingerprint density at radius 1 is 1.37 bits per heavy atom. The van der Waals surface area contributed by atoms with Crippen molar-refractivity contribution < 1.29 is 23.9 Å².